The minimum Gasteiger partial charge on any atom is -0.468 e. The fourth-order valence-electron chi connectivity index (χ4n) is 3.99. The molecule has 4 nitrogen and oxygen atoms in total. The number of methoxy groups -OCH3 is 1. The number of carbonyl (C=O) groups is 1. The van der Waals surface area contributed by atoms with Crippen LogP contribution in [0.1, 0.15) is 46.5 Å². The maximum Gasteiger partial charge on any atom is 0.325 e. The highest BCUT2D eigenvalue weighted by atomic mass is 16.5. The van der Waals surface area contributed by atoms with E-state index < -0.39 is 5.54 Å². The molecule has 4 heteroatoms. The molecule has 2 fully saturated rings. The van der Waals surface area contributed by atoms with E-state index in [1.165, 1.54) is 39.5 Å². The molecule has 1 aliphatic carbocycles. The molecule has 2 aliphatic rings. The third-order valence-electron chi connectivity index (χ3n) is 4.97. The minimum atomic E-state index is -0.569. The van der Waals surface area contributed by atoms with E-state index in [0.717, 1.165) is 24.8 Å². The fourth-order valence-corrected chi connectivity index (χ4v) is 3.99. The van der Waals surface area contributed by atoms with Crippen molar-refractivity contribution >= 4 is 5.97 Å². The summed E-state index contributed by atoms with van der Waals surface area (Å²) < 4.78 is 4.99. The summed E-state index contributed by atoms with van der Waals surface area (Å²) in [6.07, 6.45) is 5.04. The predicted molar refractivity (Wildman–Crippen MR) is 80.6 cm³/mol. The van der Waals surface area contributed by atoms with Crippen LogP contribution in [0, 0.1) is 11.8 Å². The van der Waals surface area contributed by atoms with Gasteiger partial charge in [-0.25, -0.2) is 0 Å². The number of carbonyl (C=O) groups excluding carboxylic acids is 1. The quantitative estimate of drug-likeness (QED) is 0.757. The van der Waals surface area contributed by atoms with E-state index in [1.807, 2.05) is 6.92 Å². The predicted octanol–water partition coefficient (Wildman–Crippen LogP) is 2.04. The molecule has 2 rings (SSSR count). The van der Waals surface area contributed by atoms with Gasteiger partial charge in [-0.1, -0.05) is 6.42 Å². The smallest absolute Gasteiger partial charge is 0.325 e. The van der Waals surface area contributed by atoms with Crippen LogP contribution in [0.5, 0.6) is 0 Å². The first kappa shape index (κ1) is 15.8. The maximum absolute atomic E-state index is 12.1. The number of likely N-dealkylation sites (tertiary alicyclic amines) is 1. The molecular weight excluding hydrogens is 252 g/mol. The SMILES string of the molecule is COC(=O)C(C)(CCN1CC2CCCC2C1)NC(C)C. The normalized spacial score (nSPS) is 29.4. The van der Waals surface area contributed by atoms with E-state index in [9.17, 15) is 4.79 Å². The first-order chi connectivity index (χ1) is 9.44. The van der Waals surface area contributed by atoms with Crippen LogP contribution < -0.4 is 5.32 Å². The van der Waals surface area contributed by atoms with Gasteiger partial charge in [0.2, 0.25) is 0 Å². The van der Waals surface area contributed by atoms with E-state index in [-0.39, 0.29) is 12.0 Å². The second-order valence-electron chi connectivity index (χ2n) is 7.08. The van der Waals surface area contributed by atoms with E-state index in [2.05, 4.69) is 24.1 Å². The molecule has 116 valence electrons. The number of rotatable bonds is 6. The first-order valence-electron chi connectivity index (χ1n) is 8.03. The lowest BCUT2D eigenvalue weighted by atomic mass is 9.96. The second-order valence-corrected chi connectivity index (χ2v) is 7.08. The van der Waals surface area contributed by atoms with Crippen molar-refractivity contribution in [2.24, 2.45) is 11.8 Å². The number of fused-ring (bicyclic) bond motifs is 1. The van der Waals surface area contributed by atoms with Crippen LogP contribution in [0.25, 0.3) is 0 Å². The number of nitrogens with one attached hydrogen (secondary N) is 1. The van der Waals surface area contributed by atoms with Crippen LogP contribution >= 0.6 is 0 Å². The molecule has 1 saturated heterocycles. The highest BCUT2D eigenvalue weighted by Crippen LogP contribution is 2.37. The summed E-state index contributed by atoms with van der Waals surface area (Å²) in [7, 11) is 1.48. The summed E-state index contributed by atoms with van der Waals surface area (Å²) in [5.41, 5.74) is -0.569. The molecule has 1 N–H and O–H groups in total. The molecular formula is C16H30N2O2. The molecule has 1 heterocycles. The Hall–Kier alpha value is -0.610. The van der Waals surface area contributed by atoms with Crippen molar-refractivity contribution in [1.82, 2.24) is 10.2 Å². The third-order valence-corrected chi connectivity index (χ3v) is 4.97. The zero-order valence-electron chi connectivity index (χ0n) is 13.4. The van der Waals surface area contributed by atoms with Gasteiger partial charge in [0.25, 0.3) is 0 Å². The molecule has 20 heavy (non-hydrogen) atoms. The lowest BCUT2D eigenvalue weighted by Gasteiger charge is -2.32. The Kier molecular flexibility index (Phi) is 5.08. The van der Waals surface area contributed by atoms with Crippen LogP contribution in [-0.2, 0) is 9.53 Å². The van der Waals surface area contributed by atoms with Crippen LogP contribution in [0.4, 0.5) is 0 Å². The van der Waals surface area contributed by atoms with Gasteiger partial charge in [-0.05, 0) is 51.9 Å². The molecule has 3 unspecified atom stereocenters. The van der Waals surface area contributed by atoms with Gasteiger partial charge in [-0.15, -0.1) is 0 Å². The van der Waals surface area contributed by atoms with Gasteiger partial charge in [0.05, 0.1) is 7.11 Å². The molecule has 0 aromatic rings. The summed E-state index contributed by atoms with van der Waals surface area (Å²) in [6.45, 7) is 9.55. The van der Waals surface area contributed by atoms with Gasteiger partial charge in [0.1, 0.15) is 5.54 Å². The Labute approximate surface area is 123 Å². The molecule has 0 amide bonds. The van der Waals surface area contributed by atoms with Gasteiger partial charge in [-0.2, -0.15) is 0 Å². The van der Waals surface area contributed by atoms with Crippen LogP contribution in [0.3, 0.4) is 0 Å². The number of nitrogens with zero attached hydrogens (tertiary/aromatic N) is 1. The van der Waals surface area contributed by atoms with Crippen molar-refractivity contribution in [3.05, 3.63) is 0 Å². The summed E-state index contributed by atoms with van der Waals surface area (Å²) in [5.74, 6) is 1.68. The highest BCUT2D eigenvalue weighted by Gasteiger charge is 2.39. The van der Waals surface area contributed by atoms with E-state index in [0.29, 0.717) is 0 Å². The Morgan fingerprint density at radius 3 is 2.45 bits per heavy atom. The highest BCUT2D eigenvalue weighted by molar-refractivity contribution is 5.80. The van der Waals surface area contributed by atoms with Crippen molar-refractivity contribution in [2.75, 3.05) is 26.7 Å². The zero-order valence-corrected chi connectivity index (χ0v) is 13.4. The van der Waals surface area contributed by atoms with Crippen molar-refractivity contribution in [3.63, 3.8) is 0 Å². The lowest BCUT2D eigenvalue weighted by molar-refractivity contribution is -0.148. The van der Waals surface area contributed by atoms with E-state index in [1.54, 1.807) is 0 Å². The summed E-state index contributed by atoms with van der Waals surface area (Å²) in [6, 6.07) is 0.275. The molecule has 1 aliphatic heterocycles. The lowest BCUT2D eigenvalue weighted by Crippen LogP contribution is -2.54. The Bertz CT molecular complexity index is 333. The van der Waals surface area contributed by atoms with Gasteiger partial charge in [0, 0.05) is 25.7 Å². The number of esters is 1. The van der Waals surface area contributed by atoms with E-state index in [4.69, 9.17) is 4.74 Å². The summed E-state index contributed by atoms with van der Waals surface area (Å²) in [5, 5.41) is 3.38. The standard InChI is InChI=1S/C16H30N2O2/c1-12(2)17-16(3,15(19)20-4)8-9-18-10-13-6-5-7-14(13)11-18/h12-14,17H,5-11H2,1-4H3. The topological polar surface area (TPSA) is 41.6 Å². The van der Waals surface area contributed by atoms with Crippen molar-refractivity contribution in [2.45, 2.75) is 58.0 Å². The van der Waals surface area contributed by atoms with Gasteiger partial charge >= 0.3 is 5.97 Å². The van der Waals surface area contributed by atoms with Gasteiger partial charge in [-0.3, -0.25) is 10.1 Å². The summed E-state index contributed by atoms with van der Waals surface area (Å²) in [4.78, 5) is 14.6. The molecule has 0 spiro atoms. The Morgan fingerprint density at radius 2 is 1.95 bits per heavy atom. The summed E-state index contributed by atoms with van der Waals surface area (Å²) >= 11 is 0. The second kappa shape index (κ2) is 6.44. The fraction of sp³-hybridized carbons (Fsp3) is 0.938. The minimum absolute atomic E-state index is 0.148. The maximum atomic E-state index is 12.1. The average molecular weight is 282 g/mol. The zero-order chi connectivity index (χ0) is 14.8. The monoisotopic (exact) mass is 282 g/mol. The van der Waals surface area contributed by atoms with Crippen LogP contribution in [0.15, 0.2) is 0 Å². The van der Waals surface area contributed by atoms with Crippen LogP contribution in [0.2, 0.25) is 0 Å². The van der Waals surface area contributed by atoms with Crippen molar-refractivity contribution in [1.29, 1.82) is 0 Å². The Balaban J connectivity index is 1.87. The largest absolute Gasteiger partial charge is 0.468 e. The van der Waals surface area contributed by atoms with Crippen molar-refractivity contribution in [3.8, 4) is 0 Å². The van der Waals surface area contributed by atoms with Crippen LogP contribution in [-0.4, -0.2) is 49.2 Å². The number of hydrogen-bond donors (Lipinski definition) is 1. The Morgan fingerprint density at radius 1 is 1.35 bits per heavy atom. The molecule has 0 bridgehead atoms. The molecule has 0 aromatic heterocycles. The first-order valence-corrected chi connectivity index (χ1v) is 8.03. The van der Waals surface area contributed by atoms with Gasteiger partial charge in [0.15, 0.2) is 0 Å². The molecule has 0 radical (unpaired) electrons. The van der Waals surface area contributed by atoms with E-state index >= 15 is 0 Å². The molecule has 3 atom stereocenters. The van der Waals surface area contributed by atoms with Crippen molar-refractivity contribution < 1.29 is 9.53 Å². The average Bonchev–Trinajstić information content (AvgIpc) is 2.95. The number of hydrogen-bond acceptors (Lipinski definition) is 4. The number of ether oxygens (including phenoxy) is 1. The van der Waals surface area contributed by atoms with Gasteiger partial charge < -0.3 is 9.64 Å². The molecule has 0 aromatic carbocycles. The third kappa shape index (κ3) is 3.53. The molecule has 1 saturated carbocycles.